The van der Waals surface area contributed by atoms with Crippen molar-refractivity contribution in [2.24, 2.45) is 0 Å². The van der Waals surface area contributed by atoms with E-state index in [0.29, 0.717) is 11.6 Å². The Kier molecular flexibility index (Phi) is 3.98. The summed E-state index contributed by atoms with van der Waals surface area (Å²) in [5.41, 5.74) is 1.35. The molecule has 114 valence electrons. The number of carbonyl (C=O) groups is 1. The van der Waals surface area contributed by atoms with Gasteiger partial charge in [-0.3, -0.25) is 9.69 Å². The van der Waals surface area contributed by atoms with Crippen LogP contribution in [0.1, 0.15) is 42.1 Å². The number of piperazine rings is 1. The predicted molar refractivity (Wildman–Crippen MR) is 80.8 cm³/mol. The Hall–Kier alpha value is -1.42. The standard InChI is InChI=1S/C17H23FN2O/c1-12-9-14(18)6-7-16(12)17(21)20-11-15-5-3-4-8-19(15)10-13(20)2/h6-7,9,13,15H,3-5,8,10-11H2,1-2H3. The maximum Gasteiger partial charge on any atom is 0.254 e. The number of fused-ring (bicyclic) bond motifs is 1. The average molecular weight is 290 g/mol. The number of benzene rings is 1. The van der Waals surface area contributed by atoms with E-state index < -0.39 is 0 Å². The van der Waals surface area contributed by atoms with Crippen LogP contribution >= 0.6 is 0 Å². The van der Waals surface area contributed by atoms with Crippen molar-refractivity contribution in [3.63, 3.8) is 0 Å². The number of amides is 1. The first-order chi connectivity index (χ1) is 10.1. The summed E-state index contributed by atoms with van der Waals surface area (Å²) in [7, 11) is 0. The van der Waals surface area contributed by atoms with Crippen LogP contribution in [-0.4, -0.2) is 47.4 Å². The van der Waals surface area contributed by atoms with Crippen molar-refractivity contribution in [1.82, 2.24) is 9.80 Å². The highest BCUT2D eigenvalue weighted by molar-refractivity contribution is 5.96. The fourth-order valence-electron chi connectivity index (χ4n) is 3.66. The molecule has 2 fully saturated rings. The number of hydrogen-bond acceptors (Lipinski definition) is 2. The second kappa shape index (κ2) is 5.76. The monoisotopic (exact) mass is 290 g/mol. The topological polar surface area (TPSA) is 23.6 Å². The van der Waals surface area contributed by atoms with Gasteiger partial charge in [0.25, 0.3) is 5.91 Å². The zero-order chi connectivity index (χ0) is 15.0. The Bertz CT molecular complexity index is 546. The van der Waals surface area contributed by atoms with E-state index in [-0.39, 0.29) is 17.8 Å². The number of hydrogen-bond donors (Lipinski definition) is 0. The highest BCUT2D eigenvalue weighted by Crippen LogP contribution is 2.25. The first-order valence-electron chi connectivity index (χ1n) is 7.87. The number of nitrogens with zero attached hydrogens (tertiary/aromatic N) is 2. The summed E-state index contributed by atoms with van der Waals surface area (Å²) in [5, 5.41) is 0. The highest BCUT2D eigenvalue weighted by Gasteiger charge is 2.35. The third kappa shape index (κ3) is 2.82. The summed E-state index contributed by atoms with van der Waals surface area (Å²) in [4.78, 5) is 17.3. The third-order valence-electron chi connectivity index (χ3n) is 4.87. The molecule has 3 nitrogen and oxygen atoms in total. The minimum atomic E-state index is -0.283. The molecule has 2 aliphatic rings. The molecule has 2 aliphatic heterocycles. The Labute approximate surface area is 125 Å². The van der Waals surface area contributed by atoms with Crippen molar-refractivity contribution in [2.45, 2.75) is 45.2 Å². The van der Waals surface area contributed by atoms with E-state index in [4.69, 9.17) is 0 Å². The molecular formula is C17H23FN2O. The SMILES string of the molecule is Cc1cc(F)ccc1C(=O)N1CC2CCCCN2CC1C. The lowest BCUT2D eigenvalue weighted by molar-refractivity contribution is 0.0151. The second-order valence-corrected chi connectivity index (χ2v) is 6.41. The molecule has 0 saturated carbocycles. The van der Waals surface area contributed by atoms with Crippen molar-refractivity contribution in [1.29, 1.82) is 0 Å². The van der Waals surface area contributed by atoms with E-state index in [2.05, 4.69) is 11.8 Å². The summed E-state index contributed by atoms with van der Waals surface area (Å²) in [5.74, 6) is -0.237. The van der Waals surface area contributed by atoms with Gasteiger partial charge in [0, 0.05) is 30.7 Å². The van der Waals surface area contributed by atoms with E-state index >= 15 is 0 Å². The van der Waals surface area contributed by atoms with Crippen LogP contribution in [0.5, 0.6) is 0 Å². The molecule has 4 heteroatoms. The smallest absolute Gasteiger partial charge is 0.254 e. The minimum Gasteiger partial charge on any atom is -0.333 e. The molecule has 0 radical (unpaired) electrons. The average Bonchev–Trinajstić information content (AvgIpc) is 2.46. The number of piperidine rings is 1. The molecule has 2 heterocycles. The van der Waals surface area contributed by atoms with E-state index in [1.807, 2.05) is 4.90 Å². The Morgan fingerprint density at radius 2 is 2.10 bits per heavy atom. The molecule has 0 N–H and O–H groups in total. The van der Waals surface area contributed by atoms with Crippen LogP contribution in [0.4, 0.5) is 4.39 Å². The van der Waals surface area contributed by atoms with Crippen LogP contribution in [0.2, 0.25) is 0 Å². The van der Waals surface area contributed by atoms with Crippen LogP contribution in [0.25, 0.3) is 0 Å². The summed E-state index contributed by atoms with van der Waals surface area (Å²) in [6.07, 6.45) is 3.71. The van der Waals surface area contributed by atoms with E-state index in [1.165, 1.54) is 31.4 Å². The van der Waals surface area contributed by atoms with Gasteiger partial charge >= 0.3 is 0 Å². The maximum atomic E-state index is 13.2. The zero-order valence-corrected chi connectivity index (χ0v) is 12.8. The number of carbonyl (C=O) groups excluding carboxylic acids is 1. The van der Waals surface area contributed by atoms with Gasteiger partial charge in [-0.05, 0) is 57.0 Å². The van der Waals surface area contributed by atoms with Crippen molar-refractivity contribution in [3.05, 3.63) is 35.1 Å². The second-order valence-electron chi connectivity index (χ2n) is 6.41. The predicted octanol–water partition coefficient (Wildman–Crippen LogP) is 2.83. The van der Waals surface area contributed by atoms with Crippen LogP contribution in [-0.2, 0) is 0 Å². The molecule has 2 unspecified atom stereocenters. The summed E-state index contributed by atoms with van der Waals surface area (Å²) in [6.45, 7) is 6.83. The molecule has 0 spiro atoms. The minimum absolute atomic E-state index is 0.0465. The first kappa shape index (κ1) is 14.5. The molecule has 0 aromatic heterocycles. The molecule has 1 aromatic carbocycles. The molecule has 0 aliphatic carbocycles. The van der Waals surface area contributed by atoms with Gasteiger partial charge in [-0.1, -0.05) is 6.42 Å². The summed E-state index contributed by atoms with van der Waals surface area (Å²) in [6, 6.07) is 5.15. The lowest BCUT2D eigenvalue weighted by atomic mass is 9.96. The quantitative estimate of drug-likeness (QED) is 0.794. The van der Waals surface area contributed by atoms with Crippen LogP contribution < -0.4 is 0 Å². The van der Waals surface area contributed by atoms with Crippen molar-refractivity contribution >= 4 is 5.91 Å². The fourth-order valence-corrected chi connectivity index (χ4v) is 3.66. The molecule has 2 atom stereocenters. The fraction of sp³-hybridized carbons (Fsp3) is 0.588. The molecule has 21 heavy (non-hydrogen) atoms. The van der Waals surface area contributed by atoms with E-state index in [0.717, 1.165) is 25.2 Å². The molecule has 1 amide bonds. The Balaban J connectivity index is 1.80. The van der Waals surface area contributed by atoms with Gasteiger partial charge in [0.1, 0.15) is 5.82 Å². The lowest BCUT2D eigenvalue weighted by Crippen LogP contribution is -2.60. The molecular weight excluding hydrogens is 267 g/mol. The molecule has 3 rings (SSSR count). The van der Waals surface area contributed by atoms with Gasteiger partial charge in [0.2, 0.25) is 0 Å². The van der Waals surface area contributed by atoms with Crippen molar-refractivity contribution in [3.8, 4) is 0 Å². The molecule has 2 saturated heterocycles. The van der Waals surface area contributed by atoms with Gasteiger partial charge in [-0.15, -0.1) is 0 Å². The summed E-state index contributed by atoms with van der Waals surface area (Å²) >= 11 is 0. The maximum absolute atomic E-state index is 13.2. The number of halogens is 1. The molecule has 1 aromatic rings. The van der Waals surface area contributed by atoms with Gasteiger partial charge in [0.05, 0.1) is 0 Å². The van der Waals surface area contributed by atoms with Crippen LogP contribution in [0, 0.1) is 12.7 Å². The van der Waals surface area contributed by atoms with Gasteiger partial charge in [-0.2, -0.15) is 0 Å². The number of aryl methyl sites for hydroxylation is 1. The van der Waals surface area contributed by atoms with Crippen molar-refractivity contribution < 1.29 is 9.18 Å². The third-order valence-corrected chi connectivity index (χ3v) is 4.87. The van der Waals surface area contributed by atoms with Crippen LogP contribution in [0.3, 0.4) is 0 Å². The number of rotatable bonds is 1. The van der Waals surface area contributed by atoms with E-state index in [9.17, 15) is 9.18 Å². The Morgan fingerprint density at radius 3 is 2.86 bits per heavy atom. The van der Waals surface area contributed by atoms with Gasteiger partial charge in [0.15, 0.2) is 0 Å². The normalized spacial score (nSPS) is 26.5. The first-order valence-corrected chi connectivity index (χ1v) is 7.87. The van der Waals surface area contributed by atoms with Gasteiger partial charge < -0.3 is 4.90 Å². The van der Waals surface area contributed by atoms with E-state index in [1.54, 1.807) is 13.0 Å². The Morgan fingerprint density at radius 1 is 1.29 bits per heavy atom. The molecule has 0 bridgehead atoms. The highest BCUT2D eigenvalue weighted by atomic mass is 19.1. The lowest BCUT2D eigenvalue weighted by Gasteiger charge is -2.47. The van der Waals surface area contributed by atoms with Gasteiger partial charge in [-0.25, -0.2) is 4.39 Å². The van der Waals surface area contributed by atoms with Crippen molar-refractivity contribution in [2.75, 3.05) is 19.6 Å². The summed E-state index contributed by atoms with van der Waals surface area (Å²) < 4.78 is 13.2. The van der Waals surface area contributed by atoms with Crippen LogP contribution in [0.15, 0.2) is 18.2 Å². The zero-order valence-electron chi connectivity index (χ0n) is 12.8. The largest absolute Gasteiger partial charge is 0.333 e.